The van der Waals surface area contributed by atoms with Crippen LogP contribution in [0.4, 0.5) is 0 Å². The van der Waals surface area contributed by atoms with Gasteiger partial charge in [0.1, 0.15) is 0 Å². The predicted molar refractivity (Wildman–Crippen MR) is 66.1 cm³/mol. The van der Waals surface area contributed by atoms with Crippen molar-refractivity contribution in [2.24, 2.45) is 7.05 Å². The molecular weight excluding hydrogens is 238 g/mol. The van der Waals surface area contributed by atoms with Gasteiger partial charge in [-0.05, 0) is 25.7 Å². The Labute approximate surface area is 102 Å². The second kappa shape index (κ2) is 4.78. The fraction of sp³-hybridized carbons (Fsp3) is 0.727. The van der Waals surface area contributed by atoms with Gasteiger partial charge in [0, 0.05) is 18.3 Å². The van der Waals surface area contributed by atoms with Crippen molar-refractivity contribution in [2.75, 3.05) is 5.75 Å². The van der Waals surface area contributed by atoms with Gasteiger partial charge < -0.3 is 0 Å². The SMILES string of the molecule is CCCS(=O)(=O)NC1CCCc2c1cnn2C. The Balaban J connectivity index is 2.19. The van der Waals surface area contributed by atoms with E-state index < -0.39 is 10.0 Å². The maximum absolute atomic E-state index is 11.8. The van der Waals surface area contributed by atoms with Crippen molar-refractivity contribution in [3.05, 3.63) is 17.5 Å². The number of nitrogens with zero attached hydrogens (tertiary/aromatic N) is 2. The first-order valence-electron chi connectivity index (χ1n) is 6.04. The summed E-state index contributed by atoms with van der Waals surface area (Å²) in [5.41, 5.74) is 2.19. The zero-order valence-corrected chi connectivity index (χ0v) is 11.1. The van der Waals surface area contributed by atoms with Crippen molar-refractivity contribution < 1.29 is 8.42 Å². The average molecular weight is 257 g/mol. The van der Waals surface area contributed by atoms with Crippen LogP contribution in [0.25, 0.3) is 0 Å². The van der Waals surface area contributed by atoms with Crippen molar-refractivity contribution >= 4 is 10.0 Å². The van der Waals surface area contributed by atoms with Crippen molar-refractivity contribution in [1.82, 2.24) is 14.5 Å². The van der Waals surface area contributed by atoms with Gasteiger partial charge >= 0.3 is 0 Å². The summed E-state index contributed by atoms with van der Waals surface area (Å²) in [6, 6.07) is -0.0935. The molecule has 2 rings (SSSR count). The fourth-order valence-corrected chi connectivity index (χ4v) is 3.71. The Morgan fingerprint density at radius 3 is 3.06 bits per heavy atom. The molecule has 1 N–H and O–H groups in total. The molecule has 0 amide bonds. The molecule has 17 heavy (non-hydrogen) atoms. The van der Waals surface area contributed by atoms with Gasteiger partial charge in [-0.25, -0.2) is 13.1 Å². The highest BCUT2D eigenvalue weighted by atomic mass is 32.2. The van der Waals surface area contributed by atoms with E-state index in [1.807, 2.05) is 18.7 Å². The van der Waals surface area contributed by atoms with Crippen molar-refractivity contribution in [3.63, 3.8) is 0 Å². The van der Waals surface area contributed by atoms with E-state index in [1.54, 1.807) is 6.20 Å². The molecule has 1 aliphatic carbocycles. The van der Waals surface area contributed by atoms with Gasteiger partial charge in [-0.1, -0.05) is 6.92 Å². The lowest BCUT2D eigenvalue weighted by molar-refractivity contribution is 0.497. The van der Waals surface area contributed by atoms with Gasteiger partial charge in [0.15, 0.2) is 0 Å². The molecule has 1 aromatic heterocycles. The summed E-state index contributed by atoms with van der Waals surface area (Å²) in [6.07, 6.45) is 5.28. The van der Waals surface area contributed by atoms with Crippen molar-refractivity contribution in [3.8, 4) is 0 Å². The van der Waals surface area contributed by atoms with Crippen LogP contribution in [0.2, 0.25) is 0 Å². The highest BCUT2D eigenvalue weighted by Crippen LogP contribution is 2.29. The molecule has 1 atom stereocenters. The summed E-state index contributed by atoms with van der Waals surface area (Å²) in [7, 11) is -1.25. The molecule has 1 unspecified atom stereocenters. The monoisotopic (exact) mass is 257 g/mol. The molecule has 1 aromatic rings. The summed E-state index contributed by atoms with van der Waals surface area (Å²) in [5.74, 6) is 0.194. The Bertz CT molecular complexity index is 493. The van der Waals surface area contributed by atoms with E-state index in [9.17, 15) is 8.42 Å². The number of sulfonamides is 1. The Kier molecular flexibility index (Phi) is 3.53. The van der Waals surface area contributed by atoms with Gasteiger partial charge in [-0.3, -0.25) is 4.68 Å². The van der Waals surface area contributed by atoms with Crippen LogP contribution in [0, 0.1) is 0 Å². The van der Waals surface area contributed by atoms with Gasteiger partial charge in [-0.15, -0.1) is 0 Å². The molecule has 96 valence electrons. The van der Waals surface area contributed by atoms with Gasteiger partial charge in [0.25, 0.3) is 0 Å². The molecule has 0 spiro atoms. The summed E-state index contributed by atoms with van der Waals surface area (Å²) in [4.78, 5) is 0. The molecule has 1 aliphatic rings. The maximum Gasteiger partial charge on any atom is 0.212 e. The molecule has 0 radical (unpaired) electrons. The molecule has 0 fully saturated rings. The van der Waals surface area contributed by atoms with Crippen LogP contribution in [-0.4, -0.2) is 24.0 Å². The molecule has 1 heterocycles. The number of rotatable bonds is 4. The zero-order chi connectivity index (χ0) is 12.5. The molecule has 0 bridgehead atoms. The number of aryl methyl sites for hydroxylation is 1. The minimum Gasteiger partial charge on any atom is -0.272 e. The lowest BCUT2D eigenvalue weighted by Crippen LogP contribution is -2.32. The third-order valence-electron chi connectivity index (χ3n) is 3.17. The van der Waals surface area contributed by atoms with E-state index >= 15 is 0 Å². The molecule has 5 nitrogen and oxygen atoms in total. The average Bonchev–Trinajstić information content (AvgIpc) is 2.61. The topological polar surface area (TPSA) is 64.0 Å². The second-order valence-electron chi connectivity index (χ2n) is 4.55. The standard InChI is InChI=1S/C11H19N3O2S/c1-3-7-17(15,16)13-10-5-4-6-11-9(10)8-12-14(11)2/h8,10,13H,3-7H2,1-2H3. The van der Waals surface area contributed by atoms with Crippen LogP contribution >= 0.6 is 0 Å². The van der Waals surface area contributed by atoms with E-state index in [1.165, 1.54) is 0 Å². The first-order chi connectivity index (χ1) is 8.03. The smallest absolute Gasteiger partial charge is 0.212 e. The third kappa shape index (κ3) is 2.69. The van der Waals surface area contributed by atoms with Crippen molar-refractivity contribution in [2.45, 2.75) is 38.6 Å². The first-order valence-corrected chi connectivity index (χ1v) is 7.69. The Morgan fingerprint density at radius 2 is 2.35 bits per heavy atom. The fourth-order valence-electron chi connectivity index (χ4n) is 2.37. The van der Waals surface area contributed by atoms with E-state index in [-0.39, 0.29) is 11.8 Å². The van der Waals surface area contributed by atoms with E-state index in [2.05, 4.69) is 9.82 Å². The number of hydrogen-bond donors (Lipinski definition) is 1. The third-order valence-corrected chi connectivity index (χ3v) is 4.76. The number of hydrogen-bond acceptors (Lipinski definition) is 3. The van der Waals surface area contributed by atoms with E-state index in [0.29, 0.717) is 6.42 Å². The summed E-state index contributed by atoms with van der Waals surface area (Å²) in [6.45, 7) is 1.87. The predicted octanol–water partition coefficient (Wildman–Crippen LogP) is 1.13. The molecule has 6 heteroatoms. The van der Waals surface area contributed by atoms with E-state index in [0.717, 1.165) is 30.5 Å². The summed E-state index contributed by atoms with van der Waals surface area (Å²) < 4.78 is 28.2. The van der Waals surface area contributed by atoms with E-state index in [4.69, 9.17) is 0 Å². The first kappa shape index (κ1) is 12.6. The molecule has 0 saturated carbocycles. The minimum absolute atomic E-state index is 0.0935. The van der Waals surface area contributed by atoms with Gasteiger partial charge in [0.05, 0.1) is 18.0 Å². The van der Waals surface area contributed by atoms with Crippen LogP contribution in [-0.2, 0) is 23.5 Å². The lowest BCUT2D eigenvalue weighted by atomic mass is 9.94. The van der Waals surface area contributed by atoms with Crippen LogP contribution in [0.15, 0.2) is 6.20 Å². The quantitative estimate of drug-likeness (QED) is 0.879. The van der Waals surface area contributed by atoms with Crippen LogP contribution in [0.5, 0.6) is 0 Å². The van der Waals surface area contributed by atoms with Crippen LogP contribution in [0.1, 0.15) is 43.5 Å². The number of fused-ring (bicyclic) bond motifs is 1. The minimum atomic E-state index is -3.15. The normalized spacial score (nSPS) is 20.2. The van der Waals surface area contributed by atoms with Crippen LogP contribution < -0.4 is 4.72 Å². The second-order valence-corrected chi connectivity index (χ2v) is 6.43. The summed E-state index contributed by atoms with van der Waals surface area (Å²) in [5, 5.41) is 4.21. The Morgan fingerprint density at radius 1 is 1.59 bits per heavy atom. The molecular formula is C11H19N3O2S. The van der Waals surface area contributed by atoms with Crippen molar-refractivity contribution in [1.29, 1.82) is 0 Å². The summed E-state index contributed by atoms with van der Waals surface area (Å²) >= 11 is 0. The molecule has 0 saturated heterocycles. The zero-order valence-electron chi connectivity index (χ0n) is 10.3. The maximum atomic E-state index is 11.8. The highest BCUT2D eigenvalue weighted by molar-refractivity contribution is 7.89. The van der Waals surface area contributed by atoms with Gasteiger partial charge in [-0.2, -0.15) is 5.10 Å². The largest absolute Gasteiger partial charge is 0.272 e. The highest BCUT2D eigenvalue weighted by Gasteiger charge is 2.26. The number of nitrogens with one attached hydrogen (secondary N) is 1. The molecule has 0 aliphatic heterocycles. The molecule has 0 aromatic carbocycles. The number of aromatic nitrogens is 2. The van der Waals surface area contributed by atoms with Crippen LogP contribution in [0.3, 0.4) is 0 Å². The lowest BCUT2D eigenvalue weighted by Gasteiger charge is -2.23. The Hall–Kier alpha value is -0.880. The van der Waals surface area contributed by atoms with Gasteiger partial charge in [0.2, 0.25) is 10.0 Å².